The Morgan fingerprint density at radius 2 is 2.08 bits per heavy atom. The monoisotopic (exact) mass is 344 g/mol. The van der Waals surface area contributed by atoms with Gasteiger partial charge < -0.3 is 10.1 Å². The predicted molar refractivity (Wildman–Crippen MR) is 92.2 cm³/mol. The van der Waals surface area contributed by atoms with Gasteiger partial charge in [0.1, 0.15) is 11.6 Å². The Hall–Kier alpha value is -2.52. The second-order valence-corrected chi connectivity index (χ2v) is 6.02. The zero-order valence-electron chi connectivity index (χ0n) is 13.0. The molecule has 4 nitrogen and oxygen atoms in total. The van der Waals surface area contributed by atoms with E-state index in [1.54, 1.807) is 23.9 Å². The smallest absolute Gasteiger partial charge is 0.257 e. The van der Waals surface area contributed by atoms with E-state index in [0.29, 0.717) is 17.9 Å². The first-order chi connectivity index (χ1) is 11.7. The van der Waals surface area contributed by atoms with Crippen LogP contribution in [0, 0.1) is 17.1 Å². The third-order valence-corrected chi connectivity index (χ3v) is 4.14. The van der Waals surface area contributed by atoms with Gasteiger partial charge in [0, 0.05) is 24.1 Å². The van der Waals surface area contributed by atoms with Crippen LogP contribution in [0.3, 0.4) is 0 Å². The van der Waals surface area contributed by atoms with Crippen LogP contribution in [0.15, 0.2) is 48.5 Å². The van der Waals surface area contributed by atoms with Crippen LogP contribution >= 0.6 is 11.8 Å². The number of nitriles is 1. The molecule has 124 valence electrons. The lowest BCUT2D eigenvalue weighted by atomic mass is 10.1. The van der Waals surface area contributed by atoms with Gasteiger partial charge in [-0.2, -0.15) is 17.0 Å². The van der Waals surface area contributed by atoms with Gasteiger partial charge >= 0.3 is 0 Å². The molecule has 0 aliphatic heterocycles. The second-order valence-electron chi connectivity index (χ2n) is 4.92. The van der Waals surface area contributed by atoms with Crippen LogP contribution in [0.4, 0.5) is 4.39 Å². The van der Waals surface area contributed by atoms with E-state index in [4.69, 9.17) is 10.00 Å². The molecule has 1 amide bonds. The number of carbonyl (C=O) groups is 1. The van der Waals surface area contributed by atoms with E-state index >= 15 is 0 Å². The summed E-state index contributed by atoms with van der Waals surface area (Å²) >= 11 is 1.64. The lowest BCUT2D eigenvalue weighted by molar-refractivity contribution is -0.122. The van der Waals surface area contributed by atoms with Crippen molar-refractivity contribution >= 4 is 17.7 Å². The predicted octanol–water partition coefficient (Wildman–Crippen LogP) is 3.13. The molecule has 2 aromatic rings. The van der Waals surface area contributed by atoms with Crippen LogP contribution in [-0.2, 0) is 10.5 Å². The van der Waals surface area contributed by atoms with Gasteiger partial charge in [0.05, 0.1) is 11.6 Å². The van der Waals surface area contributed by atoms with E-state index in [9.17, 15) is 9.18 Å². The molecule has 0 spiro atoms. The van der Waals surface area contributed by atoms with Gasteiger partial charge in [-0.1, -0.05) is 24.3 Å². The molecule has 0 aliphatic rings. The molecule has 0 aliphatic carbocycles. The van der Waals surface area contributed by atoms with Gasteiger partial charge in [0.2, 0.25) is 0 Å². The van der Waals surface area contributed by atoms with Crippen LogP contribution in [0.1, 0.15) is 11.1 Å². The Morgan fingerprint density at radius 3 is 2.88 bits per heavy atom. The van der Waals surface area contributed by atoms with Crippen molar-refractivity contribution in [1.29, 1.82) is 5.26 Å². The summed E-state index contributed by atoms with van der Waals surface area (Å²) < 4.78 is 18.2. The number of carbonyl (C=O) groups excluding carboxylic acids is 1. The third kappa shape index (κ3) is 5.94. The number of rotatable bonds is 8. The van der Waals surface area contributed by atoms with E-state index in [1.165, 1.54) is 18.2 Å². The first-order valence-electron chi connectivity index (χ1n) is 7.40. The Kier molecular flexibility index (Phi) is 7.12. The van der Waals surface area contributed by atoms with Gasteiger partial charge in [0.25, 0.3) is 5.91 Å². The van der Waals surface area contributed by atoms with Crippen molar-refractivity contribution in [2.45, 2.75) is 5.75 Å². The lowest BCUT2D eigenvalue weighted by Gasteiger charge is -2.08. The molecule has 6 heteroatoms. The average molecular weight is 344 g/mol. The molecule has 0 saturated carbocycles. The molecule has 24 heavy (non-hydrogen) atoms. The van der Waals surface area contributed by atoms with E-state index in [-0.39, 0.29) is 12.5 Å². The number of benzene rings is 2. The highest BCUT2D eigenvalue weighted by Crippen LogP contribution is 2.15. The molecular weight excluding hydrogens is 327 g/mol. The maximum Gasteiger partial charge on any atom is 0.257 e. The number of thioether (sulfide) groups is 1. The van der Waals surface area contributed by atoms with Gasteiger partial charge in [-0.3, -0.25) is 4.79 Å². The SMILES string of the molecule is N#Cc1ccccc1CSCCNC(=O)COc1cccc(F)c1. The van der Waals surface area contributed by atoms with Crippen molar-refractivity contribution in [3.63, 3.8) is 0 Å². The minimum Gasteiger partial charge on any atom is -0.484 e. The first kappa shape index (κ1) is 17.8. The number of nitrogens with zero attached hydrogens (tertiary/aromatic N) is 1. The first-order valence-corrected chi connectivity index (χ1v) is 8.55. The molecule has 0 fully saturated rings. The fraction of sp³-hybridized carbons (Fsp3) is 0.222. The van der Waals surface area contributed by atoms with Crippen molar-refractivity contribution in [1.82, 2.24) is 5.32 Å². The minimum atomic E-state index is -0.401. The lowest BCUT2D eigenvalue weighted by Crippen LogP contribution is -2.30. The zero-order chi connectivity index (χ0) is 17.2. The summed E-state index contributed by atoms with van der Waals surface area (Å²) in [6.45, 7) is 0.357. The summed E-state index contributed by atoms with van der Waals surface area (Å²) in [4.78, 5) is 11.7. The van der Waals surface area contributed by atoms with Gasteiger partial charge in [-0.05, 0) is 23.8 Å². The third-order valence-electron chi connectivity index (χ3n) is 3.13. The van der Waals surface area contributed by atoms with Crippen molar-refractivity contribution in [3.05, 3.63) is 65.5 Å². The van der Waals surface area contributed by atoms with Gasteiger partial charge in [-0.15, -0.1) is 0 Å². The number of hydrogen-bond acceptors (Lipinski definition) is 4. The quantitative estimate of drug-likeness (QED) is 0.748. The highest BCUT2D eigenvalue weighted by atomic mass is 32.2. The van der Waals surface area contributed by atoms with Gasteiger partial charge in [0.15, 0.2) is 6.61 Å². The number of halogens is 1. The average Bonchev–Trinajstić information content (AvgIpc) is 2.60. The Morgan fingerprint density at radius 1 is 1.25 bits per heavy atom. The molecule has 2 aromatic carbocycles. The number of hydrogen-bond donors (Lipinski definition) is 1. The Labute approximate surface area is 144 Å². The number of amides is 1. The van der Waals surface area contributed by atoms with E-state index in [2.05, 4.69) is 11.4 Å². The molecule has 1 N–H and O–H groups in total. The van der Waals surface area contributed by atoms with Crippen molar-refractivity contribution in [2.24, 2.45) is 0 Å². The summed E-state index contributed by atoms with van der Waals surface area (Å²) in [7, 11) is 0. The van der Waals surface area contributed by atoms with Crippen molar-refractivity contribution < 1.29 is 13.9 Å². The molecule has 0 heterocycles. The normalized spacial score (nSPS) is 10.0. The van der Waals surface area contributed by atoms with Crippen LogP contribution in [0.2, 0.25) is 0 Å². The summed E-state index contributed by atoms with van der Waals surface area (Å²) in [6.07, 6.45) is 0. The fourth-order valence-electron chi connectivity index (χ4n) is 1.96. The van der Waals surface area contributed by atoms with Crippen LogP contribution < -0.4 is 10.1 Å². The molecule has 0 radical (unpaired) electrons. The highest BCUT2D eigenvalue weighted by Gasteiger charge is 2.04. The molecule has 0 bridgehead atoms. The number of ether oxygens (including phenoxy) is 1. The molecule has 0 aromatic heterocycles. The summed E-state index contributed by atoms with van der Waals surface area (Å²) in [5, 5.41) is 11.7. The van der Waals surface area contributed by atoms with Crippen LogP contribution in [-0.4, -0.2) is 24.8 Å². The van der Waals surface area contributed by atoms with E-state index < -0.39 is 5.82 Å². The Balaban J connectivity index is 1.62. The molecule has 0 unspecified atom stereocenters. The highest BCUT2D eigenvalue weighted by molar-refractivity contribution is 7.98. The topological polar surface area (TPSA) is 62.1 Å². The largest absolute Gasteiger partial charge is 0.484 e. The standard InChI is InChI=1S/C18H17FN2O2S/c19-16-6-3-7-17(10-16)23-12-18(22)21-8-9-24-13-15-5-2-1-4-14(15)11-20/h1-7,10H,8-9,12-13H2,(H,21,22). The summed E-state index contributed by atoms with van der Waals surface area (Å²) in [6, 6.07) is 15.3. The van der Waals surface area contributed by atoms with Crippen molar-refractivity contribution in [2.75, 3.05) is 18.9 Å². The van der Waals surface area contributed by atoms with Crippen LogP contribution in [0.5, 0.6) is 5.75 Å². The molecule has 0 atom stereocenters. The molecular formula is C18H17FN2O2S. The summed E-state index contributed by atoms with van der Waals surface area (Å²) in [5.41, 5.74) is 1.67. The van der Waals surface area contributed by atoms with Crippen LogP contribution in [0.25, 0.3) is 0 Å². The van der Waals surface area contributed by atoms with Crippen molar-refractivity contribution in [3.8, 4) is 11.8 Å². The minimum absolute atomic E-state index is 0.147. The Bertz CT molecular complexity index is 731. The van der Waals surface area contributed by atoms with Gasteiger partial charge in [-0.25, -0.2) is 4.39 Å². The zero-order valence-corrected chi connectivity index (χ0v) is 13.8. The second kappa shape index (κ2) is 9.58. The maximum absolute atomic E-state index is 13.0. The fourth-order valence-corrected chi connectivity index (χ4v) is 2.82. The molecule has 0 saturated heterocycles. The van der Waals surface area contributed by atoms with E-state index in [1.807, 2.05) is 18.2 Å². The summed E-state index contributed by atoms with van der Waals surface area (Å²) in [5.74, 6) is 1.12. The number of nitrogens with one attached hydrogen (secondary N) is 1. The maximum atomic E-state index is 13.0. The van der Waals surface area contributed by atoms with E-state index in [0.717, 1.165) is 17.1 Å². The molecule has 2 rings (SSSR count).